The summed E-state index contributed by atoms with van der Waals surface area (Å²) in [6.45, 7) is 0. The molecule has 18 heavy (non-hydrogen) atoms. The van der Waals surface area contributed by atoms with Crippen LogP contribution >= 0.6 is 11.6 Å². The van der Waals surface area contributed by atoms with Gasteiger partial charge in [-0.2, -0.15) is 10.1 Å². The third kappa shape index (κ3) is 2.25. The Bertz CT molecular complexity index is 581. The number of nitrogens with one attached hydrogen (secondary N) is 2. The van der Waals surface area contributed by atoms with E-state index >= 15 is 0 Å². The maximum Gasteiger partial charge on any atom is 0.271 e. The Morgan fingerprint density at radius 3 is 2.89 bits per heavy atom. The molecule has 2 N–H and O–H groups in total. The molecule has 0 fully saturated rings. The third-order valence-corrected chi connectivity index (χ3v) is 2.48. The summed E-state index contributed by atoms with van der Waals surface area (Å²) in [4.78, 5) is 19.5. The molecule has 0 bridgehead atoms. The Balaban J connectivity index is 2.42. The maximum atomic E-state index is 11.4. The first kappa shape index (κ1) is 12.3. The molecule has 2 heterocycles. The van der Waals surface area contributed by atoms with Crippen molar-refractivity contribution in [1.29, 1.82) is 0 Å². The molecular formula is C10H11ClN6O. The Morgan fingerprint density at radius 1 is 1.44 bits per heavy atom. The molecule has 0 saturated carbocycles. The van der Waals surface area contributed by atoms with Crippen molar-refractivity contribution in [3.05, 3.63) is 29.2 Å². The van der Waals surface area contributed by atoms with E-state index < -0.39 is 0 Å². The molecule has 0 spiro atoms. The van der Waals surface area contributed by atoms with Crippen molar-refractivity contribution in [2.75, 3.05) is 19.4 Å². The second kappa shape index (κ2) is 5.01. The topological polar surface area (TPSA) is 84.7 Å². The van der Waals surface area contributed by atoms with Gasteiger partial charge >= 0.3 is 0 Å². The predicted molar refractivity (Wildman–Crippen MR) is 67.1 cm³/mol. The molecule has 0 aliphatic rings. The monoisotopic (exact) mass is 266 g/mol. The number of aromatic nitrogens is 4. The van der Waals surface area contributed by atoms with Gasteiger partial charge in [-0.15, -0.1) is 0 Å². The fourth-order valence-corrected chi connectivity index (χ4v) is 1.51. The predicted octanol–water partition coefficient (Wildman–Crippen LogP) is 0.717. The van der Waals surface area contributed by atoms with Gasteiger partial charge in [-0.1, -0.05) is 11.6 Å². The molecule has 0 aliphatic heterocycles. The van der Waals surface area contributed by atoms with Crippen molar-refractivity contribution in [3.8, 4) is 5.82 Å². The van der Waals surface area contributed by atoms with Crippen LogP contribution in [0, 0.1) is 0 Å². The van der Waals surface area contributed by atoms with Gasteiger partial charge in [-0.3, -0.25) is 4.79 Å². The number of hydrogen-bond acceptors (Lipinski definition) is 5. The first-order valence-electron chi connectivity index (χ1n) is 5.14. The number of hydrogen-bond donors (Lipinski definition) is 2. The Labute approximate surface area is 108 Å². The van der Waals surface area contributed by atoms with Gasteiger partial charge in [0.05, 0.1) is 6.20 Å². The number of halogens is 1. The van der Waals surface area contributed by atoms with Gasteiger partial charge < -0.3 is 10.6 Å². The average Bonchev–Trinajstić information content (AvgIpc) is 2.88. The maximum absolute atomic E-state index is 11.4. The lowest BCUT2D eigenvalue weighted by Gasteiger charge is -2.05. The van der Waals surface area contributed by atoms with E-state index in [1.165, 1.54) is 17.9 Å². The van der Waals surface area contributed by atoms with Crippen molar-refractivity contribution in [2.24, 2.45) is 0 Å². The van der Waals surface area contributed by atoms with Crippen LogP contribution in [-0.4, -0.2) is 39.8 Å². The van der Waals surface area contributed by atoms with Gasteiger partial charge in [0, 0.05) is 20.3 Å². The van der Waals surface area contributed by atoms with Crippen LogP contribution in [0.5, 0.6) is 0 Å². The van der Waals surface area contributed by atoms with E-state index in [0.717, 1.165) is 0 Å². The summed E-state index contributed by atoms with van der Waals surface area (Å²) in [5.41, 5.74) is 0.290. The summed E-state index contributed by atoms with van der Waals surface area (Å²) in [7, 11) is 3.24. The lowest BCUT2D eigenvalue weighted by Crippen LogP contribution is -2.18. The van der Waals surface area contributed by atoms with Crippen molar-refractivity contribution in [2.45, 2.75) is 0 Å². The van der Waals surface area contributed by atoms with Crippen LogP contribution in [0.4, 0.5) is 5.95 Å². The fraction of sp³-hybridized carbons (Fsp3) is 0.200. The van der Waals surface area contributed by atoms with Gasteiger partial charge in [-0.25, -0.2) is 9.67 Å². The SMILES string of the molecule is CNC(=O)c1ccn(-c2nc(NC)ncc2Cl)n1. The van der Waals surface area contributed by atoms with E-state index in [2.05, 4.69) is 25.7 Å². The highest BCUT2D eigenvalue weighted by molar-refractivity contribution is 6.32. The molecule has 2 rings (SSSR count). The molecular weight excluding hydrogens is 256 g/mol. The molecule has 0 aliphatic carbocycles. The van der Waals surface area contributed by atoms with Gasteiger partial charge in [0.1, 0.15) is 5.02 Å². The lowest BCUT2D eigenvalue weighted by atomic mass is 10.4. The fourth-order valence-electron chi connectivity index (χ4n) is 1.33. The number of carbonyl (C=O) groups is 1. The largest absolute Gasteiger partial charge is 0.357 e. The molecule has 0 radical (unpaired) electrons. The second-order valence-corrected chi connectivity index (χ2v) is 3.75. The molecule has 0 unspecified atom stereocenters. The second-order valence-electron chi connectivity index (χ2n) is 3.34. The van der Waals surface area contributed by atoms with Crippen LogP contribution in [-0.2, 0) is 0 Å². The van der Waals surface area contributed by atoms with E-state index in [0.29, 0.717) is 16.8 Å². The van der Waals surface area contributed by atoms with Crippen LogP contribution in [0.2, 0.25) is 5.02 Å². The zero-order valence-corrected chi connectivity index (χ0v) is 10.6. The van der Waals surface area contributed by atoms with Crippen LogP contribution in [0.15, 0.2) is 18.5 Å². The van der Waals surface area contributed by atoms with E-state index in [4.69, 9.17) is 11.6 Å². The number of nitrogens with zero attached hydrogens (tertiary/aromatic N) is 4. The number of carbonyl (C=O) groups excluding carboxylic acids is 1. The van der Waals surface area contributed by atoms with Gasteiger partial charge in [0.25, 0.3) is 5.91 Å². The van der Waals surface area contributed by atoms with Crippen molar-refractivity contribution < 1.29 is 4.79 Å². The minimum atomic E-state index is -0.271. The van der Waals surface area contributed by atoms with Crippen molar-refractivity contribution in [3.63, 3.8) is 0 Å². The molecule has 2 aromatic rings. The molecule has 7 nitrogen and oxygen atoms in total. The highest BCUT2D eigenvalue weighted by Gasteiger charge is 2.12. The number of anilines is 1. The lowest BCUT2D eigenvalue weighted by molar-refractivity contribution is 0.0957. The summed E-state index contributed by atoms with van der Waals surface area (Å²) in [5, 5.41) is 9.73. The Morgan fingerprint density at radius 2 is 2.22 bits per heavy atom. The molecule has 1 amide bonds. The normalized spacial score (nSPS) is 10.2. The quantitative estimate of drug-likeness (QED) is 0.855. The van der Waals surface area contributed by atoms with Crippen LogP contribution < -0.4 is 10.6 Å². The van der Waals surface area contributed by atoms with Gasteiger partial charge in [-0.05, 0) is 6.07 Å². The first-order chi connectivity index (χ1) is 8.65. The summed E-state index contributed by atoms with van der Waals surface area (Å²) >= 11 is 6.00. The van der Waals surface area contributed by atoms with E-state index in [1.54, 1.807) is 19.3 Å². The molecule has 8 heteroatoms. The van der Waals surface area contributed by atoms with E-state index in [-0.39, 0.29) is 11.6 Å². The molecule has 0 aromatic carbocycles. The standard InChI is InChI=1S/C10H11ClN6O/c1-12-9(18)7-3-4-17(16-7)8-6(11)5-14-10(13-2)15-8/h3-5H,1-2H3,(H,12,18)(H,13,14,15). The zero-order chi connectivity index (χ0) is 13.1. The smallest absolute Gasteiger partial charge is 0.271 e. The van der Waals surface area contributed by atoms with Crippen molar-refractivity contribution in [1.82, 2.24) is 25.1 Å². The Kier molecular flexibility index (Phi) is 3.42. The molecule has 2 aromatic heterocycles. The van der Waals surface area contributed by atoms with E-state index in [1.807, 2.05) is 0 Å². The molecule has 0 saturated heterocycles. The summed E-state index contributed by atoms with van der Waals surface area (Å²) in [6.07, 6.45) is 3.08. The van der Waals surface area contributed by atoms with Gasteiger partial charge in [0.2, 0.25) is 5.95 Å². The summed E-state index contributed by atoms with van der Waals surface area (Å²) in [5.74, 6) is 0.560. The van der Waals surface area contributed by atoms with Crippen molar-refractivity contribution >= 4 is 23.5 Å². The number of amides is 1. The van der Waals surface area contributed by atoms with E-state index in [9.17, 15) is 4.79 Å². The zero-order valence-electron chi connectivity index (χ0n) is 9.81. The van der Waals surface area contributed by atoms with Crippen LogP contribution in [0.25, 0.3) is 5.82 Å². The van der Waals surface area contributed by atoms with Crippen LogP contribution in [0.1, 0.15) is 10.5 Å². The highest BCUT2D eigenvalue weighted by atomic mass is 35.5. The summed E-state index contributed by atoms with van der Waals surface area (Å²) < 4.78 is 1.43. The van der Waals surface area contributed by atoms with Gasteiger partial charge in [0.15, 0.2) is 11.5 Å². The highest BCUT2D eigenvalue weighted by Crippen LogP contribution is 2.17. The van der Waals surface area contributed by atoms with Crippen LogP contribution in [0.3, 0.4) is 0 Å². The third-order valence-electron chi connectivity index (χ3n) is 2.21. The molecule has 0 atom stereocenters. The summed E-state index contributed by atoms with van der Waals surface area (Å²) in [6, 6.07) is 1.58. The minimum Gasteiger partial charge on any atom is -0.357 e. The number of rotatable bonds is 3. The average molecular weight is 267 g/mol. The molecule has 94 valence electrons. The Hall–Kier alpha value is -2.15. The first-order valence-corrected chi connectivity index (χ1v) is 5.52. The minimum absolute atomic E-state index is 0.271.